The summed E-state index contributed by atoms with van der Waals surface area (Å²) < 4.78 is 38.7. The second kappa shape index (κ2) is 8.31. The number of nitrogens with one attached hydrogen (secondary N) is 1. The van der Waals surface area contributed by atoms with Crippen LogP contribution in [0.3, 0.4) is 0 Å². The minimum atomic E-state index is -2.26. The lowest BCUT2D eigenvalue weighted by Crippen LogP contribution is -2.50. The van der Waals surface area contributed by atoms with Crippen molar-refractivity contribution in [2.75, 3.05) is 52.9 Å². The Balaban J connectivity index is 2.34. The zero-order chi connectivity index (χ0) is 13.5. The second-order valence-corrected chi connectivity index (χ2v) is 6.77. The van der Waals surface area contributed by atoms with Crippen molar-refractivity contribution in [1.29, 1.82) is 0 Å². The quantitative estimate of drug-likeness (QED) is 0.498. The van der Waals surface area contributed by atoms with Crippen LogP contribution in [0.4, 0.5) is 0 Å². The van der Waals surface area contributed by atoms with Gasteiger partial charge in [-0.1, -0.05) is 0 Å². The highest BCUT2D eigenvalue weighted by atomic mass is 32.3. The third-order valence-corrected chi connectivity index (χ3v) is 5.19. The lowest BCUT2D eigenvalue weighted by atomic mass is 10.3. The first kappa shape index (κ1) is 16.2. The van der Waals surface area contributed by atoms with Gasteiger partial charge in [0.1, 0.15) is 0 Å². The number of hydrogen-bond donors (Lipinski definition) is 3. The van der Waals surface area contributed by atoms with Crippen LogP contribution in [0.25, 0.3) is 0 Å². The fraction of sp³-hybridized carbons (Fsp3) is 1.00. The van der Waals surface area contributed by atoms with Gasteiger partial charge in [-0.15, -0.1) is 0 Å². The predicted molar refractivity (Wildman–Crippen MR) is 72.1 cm³/mol. The minimum absolute atomic E-state index is 0.187. The van der Waals surface area contributed by atoms with Gasteiger partial charge in [-0.25, -0.2) is 8.42 Å². The van der Waals surface area contributed by atoms with Gasteiger partial charge < -0.3 is 14.4 Å². The summed E-state index contributed by atoms with van der Waals surface area (Å²) in [5.41, 5.74) is 0. The van der Waals surface area contributed by atoms with Crippen LogP contribution in [0.15, 0.2) is 0 Å². The largest absolute Gasteiger partial charge is 0.318 e. The lowest BCUT2D eigenvalue weighted by molar-refractivity contribution is 0.137. The van der Waals surface area contributed by atoms with E-state index in [2.05, 4.69) is 10.2 Å². The Morgan fingerprint density at radius 3 is 2.06 bits per heavy atom. The van der Waals surface area contributed by atoms with E-state index in [9.17, 15) is 8.42 Å². The van der Waals surface area contributed by atoms with Crippen molar-refractivity contribution in [2.45, 2.75) is 4.58 Å². The van der Waals surface area contributed by atoms with Gasteiger partial charge in [0.05, 0.1) is 0 Å². The molecule has 0 aromatic heterocycles. The number of likely N-dealkylation sites (N-methyl/N-ethyl adjacent to an activating group) is 1. The molecule has 1 aliphatic rings. The maximum absolute atomic E-state index is 10.9. The molecule has 0 aromatic carbocycles. The van der Waals surface area contributed by atoms with E-state index < -0.39 is 26.7 Å². The highest BCUT2D eigenvalue weighted by Gasteiger charge is 2.26. The Bertz CT molecular complexity index is 284. The average molecular weight is 299 g/mol. The molecule has 7 nitrogen and oxygen atoms in total. The Kier molecular flexibility index (Phi) is 7.46. The van der Waals surface area contributed by atoms with Crippen LogP contribution in [-0.2, 0) is 22.2 Å². The Labute approximate surface area is 112 Å². The van der Waals surface area contributed by atoms with Crippen molar-refractivity contribution in [3.05, 3.63) is 0 Å². The van der Waals surface area contributed by atoms with Gasteiger partial charge in [0.15, 0.2) is 26.7 Å². The molecule has 1 saturated heterocycles. The van der Waals surface area contributed by atoms with Gasteiger partial charge in [0.25, 0.3) is 0 Å². The molecule has 2 atom stereocenters. The molecular formula is C9H21N3O4S2. The van der Waals surface area contributed by atoms with E-state index in [1.54, 1.807) is 0 Å². The highest BCUT2D eigenvalue weighted by molar-refractivity contribution is 7.97. The predicted octanol–water partition coefficient (Wildman–Crippen LogP) is -1.41. The number of hydrogen-bond acceptors (Lipinski definition) is 5. The van der Waals surface area contributed by atoms with Crippen LogP contribution in [0.5, 0.6) is 0 Å². The van der Waals surface area contributed by atoms with Crippen LogP contribution < -0.4 is 5.32 Å². The molecule has 2 unspecified atom stereocenters. The van der Waals surface area contributed by atoms with Crippen LogP contribution in [0.2, 0.25) is 0 Å². The summed E-state index contributed by atoms with van der Waals surface area (Å²) in [7, 11) is 1.91. The van der Waals surface area contributed by atoms with Crippen molar-refractivity contribution in [2.24, 2.45) is 0 Å². The molecule has 0 aromatic rings. The second-order valence-electron chi connectivity index (χ2n) is 4.23. The van der Waals surface area contributed by atoms with E-state index in [1.807, 2.05) is 11.9 Å². The summed E-state index contributed by atoms with van der Waals surface area (Å²) in [6, 6.07) is 0. The topological polar surface area (TPSA) is 93.1 Å². The van der Waals surface area contributed by atoms with E-state index >= 15 is 0 Å². The smallest absolute Gasteiger partial charge is 0.174 e. The van der Waals surface area contributed by atoms with Crippen LogP contribution in [0, 0.1) is 0 Å². The molecule has 108 valence electrons. The summed E-state index contributed by atoms with van der Waals surface area (Å²) in [6.07, 6.45) is 0. The van der Waals surface area contributed by atoms with E-state index in [0.29, 0.717) is 0 Å². The fourth-order valence-corrected chi connectivity index (χ4v) is 3.11. The zero-order valence-corrected chi connectivity index (χ0v) is 12.1. The minimum Gasteiger partial charge on any atom is -0.318 e. The Morgan fingerprint density at radius 1 is 1.11 bits per heavy atom. The third-order valence-electron chi connectivity index (χ3n) is 3.00. The van der Waals surface area contributed by atoms with E-state index in [-0.39, 0.29) is 6.54 Å². The van der Waals surface area contributed by atoms with Crippen molar-refractivity contribution in [1.82, 2.24) is 15.1 Å². The maximum atomic E-state index is 10.9. The molecule has 1 aliphatic heterocycles. The van der Waals surface area contributed by atoms with Gasteiger partial charge in [-0.3, -0.25) is 9.80 Å². The van der Waals surface area contributed by atoms with Crippen LogP contribution in [0.1, 0.15) is 0 Å². The van der Waals surface area contributed by atoms with Gasteiger partial charge in [0.2, 0.25) is 0 Å². The Morgan fingerprint density at radius 2 is 1.61 bits per heavy atom. The summed E-state index contributed by atoms with van der Waals surface area (Å²) in [5.74, 6) is 0. The molecule has 0 bridgehead atoms. The normalized spacial score (nSPS) is 23.7. The summed E-state index contributed by atoms with van der Waals surface area (Å²) in [4.78, 5) is 4.26. The first-order valence-corrected chi connectivity index (χ1v) is 8.17. The van der Waals surface area contributed by atoms with Crippen molar-refractivity contribution in [3.8, 4) is 0 Å². The lowest BCUT2D eigenvalue weighted by Gasteiger charge is -2.35. The SMILES string of the molecule is CNCCN1CCN(CC(S(=O)O)S(=O)O)CC1. The molecule has 1 heterocycles. The first-order chi connectivity index (χ1) is 8.54. The van der Waals surface area contributed by atoms with Crippen LogP contribution in [-0.4, -0.2) is 84.8 Å². The summed E-state index contributed by atoms with van der Waals surface area (Å²) in [5, 5.41) is 3.09. The van der Waals surface area contributed by atoms with Crippen molar-refractivity contribution < 1.29 is 17.5 Å². The maximum Gasteiger partial charge on any atom is 0.174 e. The molecule has 0 saturated carbocycles. The van der Waals surface area contributed by atoms with E-state index in [0.717, 1.165) is 39.3 Å². The standard InChI is InChI=1S/C9H21N3O4S2/c1-10-2-3-11-4-6-12(7-5-11)8-9(17(13)14)18(15)16/h9-10H,2-8H2,1H3,(H,13,14)(H,15,16). The van der Waals surface area contributed by atoms with Crippen molar-refractivity contribution in [3.63, 3.8) is 0 Å². The average Bonchev–Trinajstić information content (AvgIpc) is 2.34. The molecule has 18 heavy (non-hydrogen) atoms. The zero-order valence-electron chi connectivity index (χ0n) is 10.4. The first-order valence-electron chi connectivity index (χ1n) is 5.83. The number of rotatable bonds is 7. The van der Waals surface area contributed by atoms with Crippen LogP contribution >= 0.6 is 0 Å². The molecule has 1 rings (SSSR count). The van der Waals surface area contributed by atoms with E-state index in [1.165, 1.54) is 0 Å². The van der Waals surface area contributed by atoms with Gasteiger partial charge >= 0.3 is 0 Å². The molecule has 0 radical (unpaired) electrons. The molecule has 3 N–H and O–H groups in total. The molecule has 9 heteroatoms. The third kappa shape index (κ3) is 5.39. The monoisotopic (exact) mass is 299 g/mol. The molecule has 0 aliphatic carbocycles. The van der Waals surface area contributed by atoms with E-state index in [4.69, 9.17) is 9.11 Å². The summed E-state index contributed by atoms with van der Waals surface area (Å²) in [6.45, 7) is 5.37. The molecule has 1 fully saturated rings. The number of nitrogens with zero attached hydrogens (tertiary/aromatic N) is 2. The van der Waals surface area contributed by atoms with Gasteiger partial charge in [-0.05, 0) is 7.05 Å². The molecule has 0 amide bonds. The van der Waals surface area contributed by atoms with Gasteiger partial charge in [-0.2, -0.15) is 0 Å². The highest BCUT2D eigenvalue weighted by Crippen LogP contribution is 2.06. The Hall–Kier alpha value is 0.1000. The fourth-order valence-electron chi connectivity index (χ4n) is 1.87. The van der Waals surface area contributed by atoms with Gasteiger partial charge in [0, 0.05) is 45.8 Å². The number of piperazine rings is 1. The van der Waals surface area contributed by atoms with Crippen molar-refractivity contribution >= 4 is 22.2 Å². The summed E-state index contributed by atoms with van der Waals surface area (Å²) >= 11 is -4.53. The molecular weight excluding hydrogens is 278 g/mol. The molecule has 0 spiro atoms.